The maximum atomic E-state index is 10.6. The first kappa shape index (κ1) is 20.7. The number of benzene rings is 2. The summed E-state index contributed by atoms with van der Waals surface area (Å²) in [6, 6.07) is 12.9. The van der Waals surface area contributed by atoms with Crippen molar-refractivity contribution < 1.29 is 14.6 Å². The Hall–Kier alpha value is -2.54. The van der Waals surface area contributed by atoms with E-state index >= 15 is 0 Å². The van der Waals surface area contributed by atoms with E-state index in [4.69, 9.17) is 21.1 Å². The predicted octanol–water partition coefficient (Wildman–Crippen LogP) is 4.59. The second-order valence-corrected chi connectivity index (χ2v) is 8.15. The van der Waals surface area contributed by atoms with Gasteiger partial charge in [0.05, 0.1) is 24.1 Å². The highest BCUT2D eigenvalue weighted by molar-refractivity contribution is 6.30. The third-order valence-electron chi connectivity index (χ3n) is 5.20. The number of aromatic amines is 1. The van der Waals surface area contributed by atoms with Crippen LogP contribution in [0.3, 0.4) is 0 Å². The molecule has 1 fully saturated rings. The molecule has 0 saturated carbocycles. The van der Waals surface area contributed by atoms with Crippen molar-refractivity contribution in [2.75, 3.05) is 26.2 Å². The van der Waals surface area contributed by atoms with Gasteiger partial charge in [-0.3, -0.25) is 10.00 Å². The summed E-state index contributed by atoms with van der Waals surface area (Å²) in [5.74, 6) is 0.777. The molecule has 2 unspecified atom stereocenters. The van der Waals surface area contributed by atoms with Gasteiger partial charge in [-0.15, -0.1) is 0 Å². The number of aromatic nitrogens is 2. The van der Waals surface area contributed by atoms with E-state index in [2.05, 4.69) is 28.9 Å². The van der Waals surface area contributed by atoms with Gasteiger partial charge < -0.3 is 14.6 Å². The monoisotopic (exact) mass is 427 g/mol. The summed E-state index contributed by atoms with van der Waals surface area (Å²) in [5, 5.41) is 18.4. The van der Waals surface area contributed by atoms with Gasteiger partial charge in [-0.25, -0.2) is 0 Å². The molecule has 1 saturated heterocycles. The zero-order valence-corrected chi connectivity index (χ0v) is 17.9. The van der Waals surface area contributed by atoms with Gasteiger partial charge in [0.1, 0.15) is 18.1 Å². The minimum absolute atomic E-state index is 0.139. The Bertz CT molecular complexity index is 980. The number of ether oxygens (including phenoxy) is 2. The first-order valence-corrected chi connectivity index (χ1v) is 10.5. The van der Waals surface area contributed by atoms with Crippen LogP contribution >= 0.6 is 11.6 Å². The molecule has 0 spiro atoms. The van der Waals surface area contributed by atoms with E-state index in [0.717, 1.165) is 36.5 Å². The molecule has 2 N–H and O–H groups in total. The van der Waals surface area contributed by atoms with Crippen molar-refractivity contribution in [2.45, 2.75) is 26.1 Å². The molecule has 1 aromatic heterocycles. The lowest BCUT2D eigenvalue weighted by molar-refractivity contribution is -0.0699. The smallest absolute Gasteiger partial charge is 0.128 e. The van der Waals surface area contributed by atoms with E-state index in [1.807, 2.05) is 36.4 Å². The van der Waals surface area contributed by atoms with E-state index < -0.39 is 0 Å². The van der Waals surface area contributed by atoms with Crippen LogP contribution in [-0.4, -0.2) is 58.7 Å². The van der Waals surface area contributed by atoms with E-state index in [1.165, 1.54) is 0 Å². The average molecular weight is 428 g/mol. The maximum absolute atomic E-state index is 10.6. The van der Waals surface area contributed by atoms with Crippen LogP contribution in [-0.2, 0) is 4.74 Å². The molecule has 158 valence electrons. The summed E-state index contributed by atoms with van der Waals surface area (Å²) in [6.07, 6.45) is 2.22. The molecular weight excluding hydrogens is 402 g/mol. The first-order chi connectivity index (χ1) is 14.5. The highest BCUT2D eigenvalue weighted by Gasteiger charge is 2.21. The Kier molecular flexibility index (Phi) is 6.27. The Morgan fingerprint density at radius 1 is 1.13 bits per heavy atom. The van der Waals surface area contributed by atoms with Crippen molar-refractivity contribution >= 4 is 11.6 Å². The van der Waals surface area contributed by atoms with Gasteiger partial charge in [0.25, 0.3) is 0 Å². The van der Waals surface area contributed by atoms with Crippen LogP contribution in [0, 0.1) is 0 Å². The molecule has 7 heteroatoms. The molecule has 2 heterocycles. The van der Waals surface area contributed by atoms with Gasteiger partial charge in [0.15, 0.2) is 0 Å². The van der Waals surface area contributed by atoms with Crippen LogP contribution in [0.1, 0.15) is 13.8 Å². The van der Waals surface area contributed by atoms with Crippen LogP contribution in [0.2, 0.25) is 5.02 Å². The molecular formula is C23H26ClN3O3. The number of nitrogens with zero attached hydrogens (tertiary/aromatic N) is 2. The van der Waals surface area contributed by atoms with Crippen molar-refractivity contribution in [2.24, 2.45) is 0 Å². The van der Waals surface area contributed by atoms with Crippen LogP contribution in [0.25, 0.3) is 22.4 Å². The summed E-state index contributed by atoms with van der Waals surface area (Å²) < 4.78 is 11.6. The number of phenols is 1. The van der Waals surface area contributed by atoms with Crippen molar-refractivity contribution in [3.8, 4) is 33.9 Å². The molecule has 0 aliphatic carbocycles. The minimum Gasteiger partial charge on any atom is -0.507 e. The fourth-order valence-electron chi connectivity index (χ4n) is 3.91. The number of hydrogen-bond acceptors (Lipinski definition) is 5. The summed E-state index contributed by atoms with van der Waals surface area (Å²) in [6.45, 7) is 7.37. The number of phenolic OH excluding ortho intramolecular Hbond substituents is 1. The van der Waals surface area contributed by atoms with Crippen LogP contribution in [0.5, 0.6) is 11.5 Å². The molecule has 2 aromatic carbocycles. The topological polar surface area (TPSA) is 70.6 Å². The number of morpholine rings is 1. The first-order valence-electron chi connectivity index (χ1n) is 10.1. The van der Waals surface area contributed by atoms with E-state index in [0.29, 0.717) is 22.9 Å². The average Bonchev–Trinajstić information content (AvgIpc) is 3.17. The largest absolute Gasteiger partial charge is 0.507 e. The fourth-order valence-corrected chi connectivity index (χ4v) is 4.04. The lowest BCUT2D eigenvalue weighted by Gasteiger charge is -2.35. The Morgan fingerprint density at radius 3 is 2.57 bits per heavy atom. The number of aromatic hydroxyl groups is 1. The molecule has 0 bridgehead atoms. The highest BCUT2D eigenvalue weighted by atomic mass is 35.5. The number of rotatable bonds is 6. The maximum Gasteiger partial charge on any atom is 0.128 e. The number of H-pyrrole nitrogens is 1. The van der Waals surface area contributed by atoms with Gasteiger partial charge in [-0.2, -0.15) is 5.10 Å². The van der Waals surface area contributed by atoms with Gasteiger partial charge in [0, 0.05) is 41.9 Å². The summed E-state index contributed by atoms with van der Waals surface area (Å²) in [4.78, 5) is 2.34. The van der Waals surface area contributed by atoms with Crippen molar-refractivity contribution in [3.05, 3.63) is 53.7 Å². The molecule has 2 atom stereocenters. The number of halogens is 1. The zero-order chi connectivity index (χ0) is 21.1. The normalized spacial score (nSPS) is 19.7. The van der Waals surface area contributed by atoms with E-state index in [-0.39, 0.29) is 18.0 Å². The van der Waals surface area contributed by atoms with Gasteiger partial charge in [-0.05, 0) is 43.7 Å². The van der Waals surface area contributed by atoms with E-state index in [9.17, 15) is 5.11 Å². The molecule has 1 aliphatic heterocycles. The van der Waals surface area contributed by atoms with Crippen molar-refractivity contribution in [3.63, 3.8) is 0 Å². The van der Waals surface area contributed by atoms with Gasteiger partial charge in [0.2, 0.25) is 0 Å². The third kappa shape index (κ3) is 4.78. The quantitative estimate of drug-likeness (QED) is 0.602. The van der Waals surface area contributed by atoms with Crippen LogP contribution in [0.4, 0.5) is 0 Å². The summed E-state index contributed by atoms with van der Waals surface area (Å²) >= 11 is 5.99. The van der Waals surface area contributed by atoms with E-state index in [1.54, 1.807) is 12.3 Å². The van der Waals surface area contributed by atoms with Crippen LogP contribution in [0.15, 0.2) is 48.7 Å². The van der Waals surface area contributed by atoms with Gasteiger partial charge >= 0.3 is 0 Å². The predicted molar refractivity (Wildman–Crippen MR) is 118 cm³/mol. The number of hydrogen-bond donors (Lipinski definition) is 2. The second kappa shape index (κ2) is 9.08. The minimum atomic E-state index is 0.139. The summed E-state index contributed by atoms with van der Waals surface area (Å²) in [5.41, 5.74) is 3.28. The summed E-state index contributed by atoms with van der Waals surface area (Å²) in [7, 11) is 0. The molecule has 6 nitrogen and oxygen atoms in total. The van der Waals surface area contributed by atoms with Crippen molar-refractivity contribution in [1.82, 2.24) is 15.1 Å². The lowest BCUT2D eigenvalue weighted by Crippen LogP contribution is -2.46. The molecule has 4 rings (SSSR count). The molecule has 1 aliphatic rings. The molecule has 0 radical (unpaired) electrons. The molecule has 0 amide bonds. The highest BCUT2D eigenvalue weighted by Crippen LogP contribution is 2.37. The molecule has 3 aromatic rings. The van der Waals surface area contributed by atoms with Crippen molar-refractivity contribution in [1.29, 1.82) is 0 Å². The van der Waals surface area contributed by atoms with Gasteiger partial charge in [-0.1, -0.05) is 23.7 Å². The Morgan fingerprint density at radius 2 is 1.87 bits per heavy atom. The lowest BCUT2D eigenvalue weighted by atomic mass is 10.0. The number of nitrogens with one attached hydrogen (secondary N) is 1. The van der Waals surface area contributed by atoms with Crippen LogP contribution < -0.4 is 4.74 Å². The zero-order valence-electron chi connectivity index (χ0n) is 17.1. The Balaban J connectivity index is 1.43. The fraction of sp³-hybridized carbons (Fsp3) is 0.348. The SMILES string of the molecule is CC1CN(CCOc2ccc(-c3[nH]ncc3-c3ccc(Cl)cc3)c(O)c2)CC(C)O1. The second-order valence-electron chi connectivity index (χ2n) is 7.71. The standard InChI is InChI=1S/C23H26ClN3O3/c1-15-13-27(14-16(2)30-15)9-10-29-19-7-8-20(22(28)11-19)23-21(12-25-26-23)17-3-5-18(24)6-4-17/h3-8,11-12,15-16,28H,9-10,13-14H2,1-2H3,(H,25,26). The Labute approximate surface area is 181 Å². The molecule has 30 heavy (non-hydrogen) atoms. The third-order valence-corrected chi connectivity index (χ3v) is 5.46.